The Kier molecular flexibility index (Phi) is 6.14. The Bertz CT molecular complexity index is 1170. The number of carbonyl (C=O) groups excluding carboxylic acids is 2. The third-order valence-corrected chi connectivity index (χ3v) is 5.34. The number of anilines is 1. The lowest BCUT2D eigenvalue weighted by molar-refractivity contribution is -0.115. The Labute approximate surface area is 184 Å². The van der Waals surface area contributed by atoms with Gasteiger partial charge in [-0.2, -0.15) is 0 Å². The monoisotopic (exact) mass is 429 g/mol. The van der Waals surface area contributed by atoms with E-state index in [2.05, 4.69) is 15.6 Å². The van der Waals surface area contributed by atoms with E-state index in [-0.39, 0.29) is 11.8 Å². The molecule has 0 aromatic heterocycles. The second-order valence-corrected chi connectivity index (χ2v) is 7.66. The number of hydrogen-bond acceptors (Lipinski definition) is 5. The number of rotatable bonds is 5. The van der Waals surface area contributed by atoms with E-state index in [1.165, 1.54) is 11.8 Å². The molecule has 1 heterocycles. The van der Waals surface area contributed by atoms with Gasteiger partial charge in [-0.1, -0.05) is 30.3 Å². The summed E-state index contributed by atoms with van der Waals surface area (Å²) in [6.07, 6.45) is 1.77. The maximum Gasteiger partial charge on any atom is 0.264 e. The minimum absolute atomic E-state index is 0.202. The molecular formula is C24H19N3O3S. The zero-order valence-corrected chi connectivity index (χ0v) is 17.5. The Hall–Kier alpha value is -3.84. The standard InChI is InChI=1S/C24H19N3O3S/c1-30-20-12-10-17(11-13-20)22(28)25-19-9-5-6-16(14-19)15-21-23(29)27-24(31-21)26-18-7-3-2-4-8-18/h2-15H,1H3,(H,25,28)(H,26,27,29). The number of thioether (sulfide) groups is 1. The summed E-state index contributed by atoms with van der Waals surface area (Å²) < 4.78 is 5.11. The van der Waals surface area contributed by atoms with Crippen LogP contribution in [0.5, 0.6) is 5.75 Å². The van der Waals surface area contributed by atoms with E-state index in [1.807, 2.05) is 48.5 Å². The molecule has 1 aliphatic heterocycles. The number of benzene rings is 3. The van der Waals surface area contributed by atoms with E-state index < -0.39 is 0 Å². The van der Waals surface area contributed by atoms with Crippen LogP contribution in [-0.2, 0) is 4.79 Å². The highest BCUT2D eigenvalue weighted by Crippen LogP contribution is 2.28. The summed E-state index contributed by atoms with van der Waals surface area (Å²) in [7, 11) is 1.58. The average molecular weight is 430 g/mol. The van der Waals surface area contributed by atoms with Crippen molar-refractivity contribution in [2.24, 2.45) is 4.99 Å². The molecule has 3 aromatic rings. The highest BCUT2D eigenvalue weighted by Gasteiger charge is 2.23. The van der Waals surface area contributed by atoms with Crippen LogP contribution in [0.25, 0.3) is 6.08 Å². The Morgan fingerprint density at radius 2 is 1.81 bits per heavy atom. The molecule has 0 saturated carbocycles. The van der Waals surface area contributed by atoms with Gasteiger partial charge >= 0.3 is 0 Å². The van der Waals surface area contributed by atoms with Gasteiger partial charge in [-0.15, -0.1) is 0 Å². The number of carbonyl (C=O) groups is 2. The molecule has 6 nitrogen and oxygen atoms in total. The fourth-order valence-corrected chi connectivity index (χ4v) is 3.75. The summed E-state index contributed by atoms with van der Waals surface area (Å²) in [6.45, 7) is 0. The second kappa shape index (κ2) is 9.32. The van der Waals surface area contributed by atoms with E-state index in [1.54, 1.807) is 43.5 Å². The van der Waals surface area contributed by atoms with Gasteiger partial charge in [0, 0.05) is 11.3 Å². The first-order valence-electron chi connectivity index (χ1n) is 9.51. The third-order valence-electron chi connectivity index (χ3n) is 4.43. The molecule has 2 amide bonds. The lowest BCUT2D eigenvalue weighted by Gasteiger charge is -2.07. The molecule has 0 unspecified atom stereocenters. The highest BCUT2D eigenvalue weighted by molar-refractivity contribution is 8.18. The smallest absolute Gasteiger partial charge is 0.264 e. The quantitative estimate of drug-likeness (QED) is 0.569. The summed E-state index contributed by atoms with van der Waals surface area (Å²) in [4.78, 5) is 29.8. The van der Waals surface area contributed by atoms with Crippen LogP contribution in [0.3, 0.4) is 0 Å². The fraction of sp³-hybridized carbons (Fsp3) is 0.0417. The molecule has 0 bridgehead atoms. The van der Waals surface area contributed by atoms with Crippen LogP contribution in [0.1, 0.15) is 15.9 Å². The van der Waals surface area contributed by atoms with Gasteiger partial charge < -0.3 is 15.4 Å². The predicted octanol–water partition coefficient (Wildman–Crippen LogP) is 4.84. The van der Waals surface area contributed by atoms with Crippen molar-refractivity contribution in [3.8, 4) is 5.75 Å². The Balaban J connectivity index is 1.47. The Morgan fingerprint density at radius 1 is 1.03 bits per heavy atom. The third kappa shape index (κ3) is 5.21. The number of nitrogens with zero attached hydrogens (tertiary/aromatic N) is 1. The van der Waals surface area contributed by atoms with E-state index in [0.29, 0.717) is 27.1 Å². The van der Waals surface area contributed by atoms with Crippen LogP contribution in [0.2, 0.25) is 0 Å². The van der Waals surface area contributed by atoms with Crippen molar-refractivity contribution >= 4 is 46.2 Å². The van der Waals surface area contributed by atoms with Gasteiger partial charge in [-0.05, 0) is 71.9 Å². The lowest BCUT2D eigenvalue weighted by atomic mass is 10.1. The molecule has 1 saturated heterocycles. The van der Waals surface area contributed by atoms with Crippen LogP contribution in [-0.4, -0.2) is 24.1 Å². The number of ether oxygens (including phenoxy) is 1. The number of amides is 2. The van der Waals surface area contributed by atoms with Gasteiger partial charge in [-0.3, -0.25) is 9.59 Å². The van der Waals surface area contributed by atoms with E-state index in [0.717, 1.165) is 11.3 Å². The van der Waals surface area contributed by atoms with Gasteiger partial charge in [0.05, 0.1) is 17.7 Å². The summed E-state index contributed by atoms with van der Waals surface area (Å²) in [5.41, 5.74) is 2.73. The first-order valence-corrected chi connectivity index (χ1v) is 10.3. The normalized spacial score (nSPS) is 15.7. The predicted molar refractivity (Wildman–Crippen MR) is 125 cm³/mol. The number of nitrogens with one attached hydrogen (secondary N) is 2. The van der Waals surface area contributed by atoms with Gasteiger partial charge in [0.1, 0.15) is 5.75 Å². The molecular weight excluding hydrogens is 410 g/mol. The highest BCUT2D eigenvalue weighted by atomic mass is 32.2. The summed E-state index contributed by atoms with van der Waals surface area (Å²) >= 11 is 1.28. The fourth-order valence-electron chi connectivity index (χ4n) is 2.90. The molecule has 0 aliphatic carbocycles. The van der Waals surface area contributed by atoms with Crippen LogP contribution in [0.15, 0.2) is 88.8 Å². The van der Waals surface area contributed by atoms with Gasteiger partial charge in [-0.25, -0.2) is 4.99 Å². The van der Waals surface area contributed by atoms with Crippen LogP contribution >= 0.6 is 11.8 Å². The van der Waals surface area contributed by atoms with E-state index in [4.69, 9.17) is 4.74 Å². The minimum Gasteiger partial charge on any atom is -0.497 e. The molecule has 1 fully saturated rings. The maximum absolute atomic E-state index is 12.5. The van der Waals surface area contributed by atoms with E-state index >= 15 is 0 Å². The van der Waals surface area contributed by atoms with Crippen LogP contribution in [0.4, 0.5) is 11.4 Å². The molecule has 1 aliphatic rings. The number of amidine groups is 1. The summed E-state index contributed by atoms with van der Waals surface area (Å²) in [6, 6.07) is 23.6. The molecule has 154 valence electrons. The van der Waals surface area contributed by atoms with Crippen molar-refractivity contribution in [1.29, 1.82) is 0 Å². The first kappa shape index (κ1) is 20.4. The molecule has 2 N–H and O–H groups in total. The van der Waals surface area contributed by atoms with Crippen molar-refractivity contribution in [1.82, 2.24) is 5.32 Å². The molecule has 0 spiro atoms. The van der Waals surface area contributed by atoms with E-state index in [9.17, 15) is 9.59 Å². The van der Waals surface area contributed by atoms with Crippen LogP contribution in [0, 0.1) is 0 Å². The van der Waals surface area contributed by atoms with Crippen molar-refractivity contribution in [2.75, 3.05) is 12.4 Å². The molecule has 7 heteroatoms. The average Bonchev–Trinajstić information content (AvgIpc) is 3.13. The van der Waals surface area contributed by atoms with Crippen molar-refractivity contribution in [3.63, 3.8) is 0 Å². The largest absolute Gasteiger partial charge is 0.497 e. The van der Waals surface area contributed by atoms with Gasteiger partial charge in [0.15, 0.2) is 5.17 Å². The lowest BCUT2D eigenvalue weighted by Crippen LogP contribution is -2.19. The number of hydrogen-bond donors (Lipinski definition) is 2. The number of para-hydroxylation sites is 1. The van der Waals surface area contributed by atoms with Crippen molar-refractivity contribution in [3.05, 3.63) is 94.9 Å². The van der Waals surface area contributed by atoms with Crippen molar-refractivity contribution < 1.29 is 14.3 Å². The second-order valence-electron chi connectivity index (χ2n) is 6.63. The number of methoxy groups -OCH3 is 1. The molecule has 0 atom stereocenters. The molecule has 31 heavy (non-hydrogen) atoms. The zero-order chi connectivity index (χ0) is 21.6. The Morgan fingerprint density at radius 3 is 2.55 bits per heavy atom. The minimum atomic E-state index is -0.224. The molecule has 4 rings (SSSR count). The zero-order valence-electron chi connectivity index (χ0n) is 16.7. The van der Waals surface area contributed by atoms with Crippen molar-refractivity contribution in [2.45, 2.75) is 0 Å². The first-order chi connectivity index (χ1) is 15.1. The van der Waals surface area contributed by atoms with Crippen LogP contribution < -0.4 is 15.4 Å². The van der Waals surface area contributed by atoms with Gasteiger partial charge in [0.25, 0.3) is 11.8 Å². The summed E-state index contributed by atoms with van der Waals surface area (Å²) in [5, 5.41) is 6.18. The molecule has 0 radical (unpaired) electrons. The van der Waals surface area contributed by atoms with Gasteiger partial charge in [0.2, 0.25) is 0 Å². The summed E-state index contributed by atoms with van der Waals surface area (Å²) in [5.74, 6) is 0.262. The number of aliphatic imine (C=N–C) groups is 1. The topological polar surface area (TPSA) is 79.8 Å². The molecule has 3 aromatic carbocycles. The maximum atomic E-state index is 12.5. The SMILES string of the molecule is COc1ccc(C(=O)Nc2cccc(C=C3SC(=Nc4ccccc4)NC3=O)c2)cc1.